The molecule has 1 aliphatic rings. The van der Waals surface area contributed by atoms with E-state index in [1.807, 2.05) is 13.8 Å². The highest BCUT2D eigenvalue weighted by atomic mass is 32.1. The fourth-order valence-corrected chi connectivity index (χ4v) is 3.26. The summed E-state index contributed by atoms with van der Waals surface area (Å²) in [6.45, 7) is 8.45. The van der Waals surface area contributed by atoms with Gasteiger partial charge in [0.05, 0.1) is 12.3 Å². The normalized spacial score (nSPS) is 19.9. The molecular formula is C13H20N2O2S. The number of anilines is 1. The van der Waals surface area contributed by atoms with E-state index in [0.717, 1.165) is 23.9 Å². The van der Waals surface area contributed by atoms with Crippen molar-refractivity contribution in [3.05, 3.63) is 10.6 Å². The van der Waals surface area contributed by atoms with Gasteiger partial charge >= 0.3 is 5.97 Å². The lowest BCUT2D eigenvalue weighted by Crippen LogP contribution is -2.34. The molecule has 4 nitrogen and oxygen atoms in total. The topological polar surface area (TPSA) is 42.4 Å². The van der Waals surface area contributed by atoms with Crippen LogP contribution in [-0.2, 0) is 4.74 Å². The summed E-state index contributed by atoms with van der Waals surface area (Å²) in [5.74, 6) is 0.456. The van der Waals surface area contributed by atoms with Crippen molar-refractivity contribution >= 4 is 22.4 Å². The first-order valence-corrected chi connectivity index (χ1v) is 7.33. The summed E-state index contributed by atoms with van der Waals surface area (Å²) in [6, 6.07) is 0. The number of aryl methyl sites for hydroxylation is 1. The second-order valence-electron chi connectivity index (χ2n) is 4.82. The summed E-state index contributed by atoms with van der Waals surface area (Å²) in [7, 11) is 0. The third kappa shape index (κ3) is 2.83. The molecule has 1 unspecified atom stereocenters. The van der Waals surface area contributed by atoms with Gasteiger partial charge in [-0.15, -0.1) is 0 Å². The Kier molecular flexibility index (Phi) is 4.22. The zero-order valence-electron chi connectivity index (χ0n) is 11.2. The molecule has 100 valence electrons. The van der Waals surface area contributed by atoms with E-state index in [4.69, 9.17) is 4.74 Å². The van der Waals surface area contributed by atoms with Crippen LogP contribution in [0.5, 0.6) is 0 Å². The van der Waals surface area contributed by atoms with Crippen molar-refractivity contribution in [1.82, 2.24) is 4.98 Å². The van der Waals surface area contributed by atoms with Gasteiger partial charge in [0.1, 0.15) is 4.88 Å². The number of rotatable bonds is 3. The van der Waals surface area contributed by atoms with Gasteiger partial charge in [0.25, 0.3) is 0 Å². The van der Waals surface area contributed by atoms with Crippen LogP contribution in [0.25, 0.3) is 0 Å². The number of esters is 1. The molecule has 1 aromatic heterocycles. The quantitative estimate of drug-likeness (QED) is 0.791. The molecule has 0 N–H and O–H groups in total. The first kappa shape index (κ1) is 13.3. The van der Waals surface area contributed by atoms with Crippen LogP contribution in [0.4, 0.5) is 5.13 Å². The molecule has 0 aromatic carbocycles. The van der Waals surface area contributed by atoms with Crippen LogP contribution in [0.3, 0.4) is 0 Å². The Bertz CT molecular complexity index is 431. The minimum Gasteiger partial charge on any atom is -0.462 e. The number of carbonyl (C=O) groups is 1. The number of aromatic nitrogens is 1. The molecule has 0 bridgehead atoms. The van der Waals surface area contributed by atoms with Gasteiger partial charge in [0.15, 0.2) is 5.13 Å². The third-order valence-corrected chi connectivity index (χ3v) is 4.37. The van der Waals surface area contributed by atoms with E-state index in [1.165, 1.54) is 24.2 Å². The molecule has 0 saturated carbocycles. The highest BCUT2D eigenvalue weighted by Gasteiger charge is 2.23. The second kappa shape index (κ2) is 5.69. The Labute approximate surface area is 112 Å². The monoisotopic (exact) mass is 268 g/mol. The van der Waals surface area contributed by atoms with E-state index in [2.05, 4.69) is 16.8 Å². The van der Waals surface area contributed by atoms with E-state index < -0.39 is 0 Å². The van der Waals surface area contributed by atoms with Gasteiger partial charge in [-0.2, -0.15) is 0 Å². The average Bonchev–Trinajstić information content (AvgIpc) is 2.72. The van der Waals surface area contributed by atoms with E-state index in [9.17, 15) is 4.79 Å². The molecular weight excluding hydrogens is 248 g/mol. The van der Waals surface area contributed by atoms with E-state index in [-0.39, 0.29) is 5.97 Å². The first-order valence-electron chi connectivity index (χ1n) is 6.51. The van der Waals surface area contributed by atoms with Crippen molar-refractivity contribution in [1.29, 1.82) is 0 Å². The molecule has 2 heterocycles. The molecule has 1 aliphatic heterocycles. The fourth-order valence-electron chi connectivity index (χ4n) is 2.27. The molecule has 0 spiro atoms. The van der Waals surface area contributed by atoms with Crippen LogP contribution in [0, 0.1) is 12.8 Å². The molecule has 18 heavy (non-hydrogen) atoms. The minimum atomic E-state index is -0.246. The van der Waals surface area contributed by atoms with Crippen LogP contribution in [0.2, 0.25) is 0 Å². The minimum absolute atomic E-state index is 0.246. The zero-order chi connectivity index (χ0) is 13.1. The van der Waals surface area contributed by atoms with Crippen molar-refractivity contribution < 1.29 is 9.53 Å². The Morgan fingerprint density at radius 2 is 2.39 bits per heavy atom. The van der Waals surface area contributed by atoms with Gasteiger partial charge in [-0.1, -0.05) is 18.3 Å². The predicted octanol–water partition coefficient (Wildman–Crippen LogP) is 2.86. The van der Waals surface area contributed by atoms with Crippen molar-refractivity contribution in [2.75, 3.05) is 24.6 Å². The summed E-state index contributed by atoms with van der Waals surface area (Å²) in [5.41, 5.74) is 0.784. The Morgan fingerprint density at radius 3 is 3.06 bits per heavy atom. The maximum absolute atomic E-state index is 11.8. The lowest BCUT2D eigenvalue weighted by atomic mass is 10.0. The van der Waals surface area contributed by atoms with E-state index >= 15 is 0 Å². The Balaban J connectivity index is 2.15. The van der Waals surface area contributed by atoms with Crippen molar-refractivity contribution in [3.8, 4) is 0 Å². The Morgan fingerprint density at radius 1 is 1.61 bits per heavy atom. The van der Waals surface area contributed by atoms with Crippen LogP contribution >= 0.6 is 11.3 Å². The van der Waals surface area contributed by atoms with Crippen LogP contribution in [-0.4, -0.2) is 30.6 Å². The highest BCUT2D eigenvalue weighted by Crippen LogP contribution is 2.29. The molecule has 1 atom stereocenters. The van der Waals surface area contributed by atoms with E-state index in [1.54, 1.807) is 0 Å². The summed E-state index contributed by atoms with van der Waals surface area (Å²) in [5, 5.41) is 0.960. The van der Waals surface area contributed by atoms with Crippen LogP contribution < -0.4 is 4.90 Å². The standard InChI is InChI=1S/C13H20N2O2S/c1-4-17-12(16)11-10(3)14-13(18-11)15-7-5-6-9(2)8-15/h9H,4-8H2,1-3H3. The maximum atomic E-state index is 11.8. The van der Waals surface area contributed by atoms with E-state index in [0.29, 0.717) is 17.4 Å². The molecule has 0 aliphatic carbocycles. The largest absolute Gasteiger partial charge is 0.462 e. The molecule has 1 fully saturated rings. The molecule has 5 heteroatoms. The number of thiazole rings is 1. The number of piperidine rings is 1. The molecule has 1 saturated heterocycles. The highest BCUT2D eigenvalue weighted by molar-refractivity contribution is 7.17. The lowest BCUT2D eigenvalue weighted by molar-refractivity contribution is 0.0531. The predicted molar refractivity (Wildman–Crippen MR) is 73.4 cm³/mol. The van der Waals surface area contributed by atoms with Gasteiger partial charge in [-0.3, -0.25) is 0 Å². The van der Waals surface area contributed by atoms with Gasteiger partial charge < -0.3 is 9.64 Å². The molecule has 2 rings (SSSR count). The van der Waals surface area contributed by atoms with Gasteiger partial charge in [0, 0.05) is 13.1 Å². The van der Waals surface area contributed by atoms with Crippen LogP contribution in [0.1, 0.15) is 42.1 Å². The summed E-state index contributed by atoms with van der Waals surface area (Å²) in [4.78, 5) is 19.2. The lowest BCUT2D eigenvalue weighted by Gasteiger charge is -2.30. The number of hydrogen-bond acceptors (Lipinski definition) is 5. The summed E-state index contributed by atoms with van der Waals surface area (Å²) < 4.78 is 5.04. The second-order valence-corrected chi connectivity index (χ2v) is 5.80. The summed E-state index contributed by atoms with van der Waals surface area (Å²) in [6.07, 6.45) is 2.49. The first-order chi connectivity index (χ1) is 8.61. The zero-order valence-corrected chi connectivity index (χ0v) is 12.0. The average molecular weight is 268 g/mol. The van der Waals surface area contributed by atoms with Gasteiger partial charge in [0.2, 0.25) is 0 Å². The smallest absolute Gasteiger partial charge is 0.350 e. The number of hydrogen-bond donors (Lipinski definition) is 0. The fraction of sp³-hybridized carbons (Fsp3) is 0.692. The SMILES string of the molecule is CCOC(=O)c1sc(N2CCCC(C)C2)nc1C. The van der Waals surface area contributed by atoms with Crippen molar-refractivity contribution in [3.63, 3.8) is 0 Å². The summed E-state index contributed by atoms with van der Waals surface area (Å²) >= 11 is 1.46. The van der Waals surface area contributed by atoms with Crippen LogP contribution in [0.15, 0.2) is 0 Å². The number of nitrogens with zero attached hydrogens (tertiary/aromatic N) is 2. The van der Waals surface area contributed by atoms with Crippen molar-refractivity contribution in [2.24, 2.45) is 5.92 Å². The third-order valence-electron chi connectivity index (χ3n) is 3.17. The molecule has 0 radical (unpaired) electrons. The molecule has 1 aromatic rings. The number of ether oxygens (including phenoxy) is 1. The number of carbonyl (C=O) groups excluding carboxylic acids is 1. The maximum Gasteiger partial charge on any atom is 0.350 e. The van der Waals surface area contributed by atoms with Gasteiger partial charge in [-0.05, 0) is 32.6 Å². The Hall–Kier alpha value is -1.10. The van der Waals surface area contributed by atoms with Gasteiger partial charge in [-0.25, -0.2) is 9.78 Å². The van der Waals surface area contributed by atoms with Crippen molar-refractivity contribution in [2.45, 2.75) is 33.6 Å². The molecule has 0 amide bonds.